The molecule has 6 heteroatoms. The van der Waals surface area contributed by atoms with Crippen molar-refractivity contribution >= 4 is 10.0 Å². The van der Waals surface area contributed by atoms with Crippen LogP contribution >= 0.6 is 0 Å². The van der Waals surface area contributed by atoms with Crippen LogP contribution in [0.3, 0.4) is 0 Å². The number of rotatable bonds is 1. The molecule has 0 amide bonds. The number of sulfonamides is 1. The van der Waals surface area contributed by atoms with E-state index in [0.29, 0.717) is 24.2 Å². The predicted molar refractivity (Wildman–Crippen MR) is 98.2 cm³/mol. The average molecular weight is 365 g/mol. The first-order valence-corrected chi connectivity index (χ1v) is 10.1. The van der Waals surface area contributed by atoms with Crippen molar-refractivity contribution < 1.29 is 18.3 Å². The Balaban J connectivity index is 2.16. The van der Waals surface area contributed by atoms with Gasteiger partial charge in [-0.2, -0.15) is 0 Å². The van der Waals surface area contributed by atoms with Crippen LogP contribution in [0.4, 0.5) is 0 Å². The molecule has 1 aliphatic heterocycles. The first kappa shape index (κ1) is 18.3. The first-order chi connectivity index (χ1) is 11.3. The Morgan fingerprint density at radius 2 is 1.92 bits per heavy atom. The largest absolute Gasteiger partial charge is 0.508 e. The van der Waals surface area contributed by atoms with Gasteiger partial charge in [0.05, 0.1) is 4.91 Å². The van der Waals surface area contributed by atoms with Gasteiger partial charge in [-0.25, -0.2) is 13.6 Å². The van der Waals surface area contributed by atoms with Crippen LogP contribution in [0.15, 0.2) is 23.1 Å². The molecule has 2 aliphatic rings. The second-order valence-corrected chi connectivity index (χ2v) is 10.3. The minimum Gasteiger partial charge on any atom is -0.508 e. The lowest BCUT2D eigenvalue weighted by molar-refractivity contribution is 0.00794. The normalized spacial score (nSPS) is 25.4. The number of ether oxygens (including phenoxy) is 1. The Hall–Kier alpha value is -1.53. The second-order valence-electron chi connectivity index (χ2n) is 8.73. The molecule has 1 unspecified atom stereocenters. The Morgan fingerprint density at radius 3 is 2.48 bits per heavy atom. The summed E-state index contributed by atoms with van der Waals surface area (Å²) in [7, 11) is -3.72. The van der Waals surface area contributed by atoms with Crippen LogP contribution in [0.25, 0.3) is 0 Å². The smallest absolute Gasteiger partial charge is 0.233 e. The number of phenolic OH excluding ortho intramolecular Hbond substituents is 1. The summed E-state index contributed by atoms with van der Waals surface area (Å²) >= 11 is 0. The second kappa shape index (κ2) is 5.48. The quantitative estimate of drug-likeness (QED) is 0.797. The summed E-state index contributed by atoms with van der Waals surface area (Å²) in [6.45, 7) is 10.3. The Bertz CT molecular complexity index is 847. The van der Waals surface area contributed by atoms with E-state index in [0.717, 1.165) is 5.56 Å². The zero-order chi connectivity index (χ0) is 18.8. The Morgan fingerprint density at radius 1 is 1.28 bits per heavy atom. The van der Waals surface area contributed by atoms with Gasteiger partial charge in [0, 0.05) is 17.4 Å². The summed E-state index contributed by atoms with van der Waals surface area (Å²) in [6, 6.07) is 3.74. The third-order valence-corrected chi connectivity index (χ3v) is 6.56. The molecule has 1 heterocycles. The van der Waals surface area contributed by atoms with Crippen molar-refractivity contribution in [3.8, 4) is 11.5 Å². The van der Waals surface area contributed by atoms with E-state index in [1.165, 1.54) is 0 Å². The van der Waals surface area contributed by atoms with E-state index >= 15 is 0 Å². The van der Waals surface area contributed by atoms with Gasteiger partial charge < -0.3 is 9.84 Å². The summed E-state index contributed by atoms with van der Waals surface area (Å²) in [5.74, 6) is 0.762. The molecule has 0 saturated carbocycles. The van der Waals surface area contributed by atoms with Gasteiger partial charge in [0.15, 0.2) is 0 Å². The number of phenols is 1. The molecule has 1 aromatic rings. The Kier molecular flexibility index (Phi) is 4.01. The Labute approximate surface area is 149 Å². The molecule has 25 heavy (non-hydrogen) atoms. The van der Waals surface area contributed by atoms with Crippen molar-refractivity contribution in [2.24, 2.45) is 11.1 Å². The minimum absolute atomic E-state index is 0.0805. The van der Waals surface area contributed by atoms with E-state index in [-0.39, 0.29) is 27.9 Å². The summed E-state index contributed by atoms with van der Waals surface area (Å²) in [5.41, 5.74) is 1.10. The van der Waals surface area contributed by atoms with E-state index in [4.69, 9.17) is 9.88 Å². The van der Waals surface area contributed by atoms with Crippen molar-refractivity contribution in [2.75, 3.05) is 0 Å². The molecule has 5 nitrogen and oxygen atoms in total. The van der Waals surface area contributed by atoms with Gasteiger partial charge in [-0.3, -0.25) is 0 Å². The number of allylic oxidation sites excluding steroid dienone is 2. The van der Waals surface area contributed by atoms with Gasteiger partial charge in [0.1, 0.15) is 17.1 Å². The van der Waals surface area contributed by atoms with Crippen LogP contribution in [-0.2, 0) is 15.4 Å². The molecular weight excluding hydrogens is 338 g/mol. The summed E-state index contributed by atoms with van der Waals surface area (Å²) < 4.78 is 29.9. The van der Waals surface area contributed by atoms with Crippen LogP contribution in [0.1, 0.15) is 64.5 Å². The van der Waals surface area contributed by atoms with Crippen LogP contribution < -0.4 is 9.88 Å². The summed E-state index contributed by atoms with van der Waals surface area (Å²) in [6.07, 6.45) is 2.56. The van der Waals surface area contributed by atoms with Crippen LogP contribution in [-0.4, -0.2) is 19.1 Å². The average Bonchev–Trinajstić information content (AvgIpc) is 2.43. The zero-order valence-electron chi connectivity index (χ0n) is 15.5. The van der Waals surface area contributed by atoms with Crippen molar-refractivity contribution in [1.82, 2.24) is 0 Å². The molecule has 3 rings (SSSR count). The molecule has 0 radical (unpaired) electrons. The molecule has 1 aromatic carbocycles. The SMILES string of the molecule is CC(C)(C)c1cc(O)c2c(c1)OC(C)(C)[C@@H]1CC=C(S(N)(=O)=O)CC21. The topological polar surface area (TPSA) is 89.6 Å². The molecule has 1 aliphatic carbocycles. The molecule has 0 bridgehead atoms. The molecule has 138 valence electrons. The van der Waals surface area contributed by atoms with E-state index in [1.807, 2.05) is 19.9 Å². The maximum Gasteiger partial charge on any atom is 0.233 e. The van der Waals surface area contributed by atoms with Crippen molar-refractivity contribution in [2.45, 2.75) is 64.4 Å². The van der Waals surface area contributed by atoms with E-state index in [2.05, 4.69) is 20.8 Å². The highest BCUT2D eigenvalue weighted by Crippen LogP contribution is 2.55. The molecule has 0 aromatic heterocycles. The lowest BCUT2D eigenvalue weighted by atomic mass is 9.68. The van der Waals surface area contributed by atoms with E-state index in [9.17, 15) is 13.5 Å². The molecule has 2 atom stereocenters. The molecule has 0 saturated heterocycles. The number of fused-ring (bicyclic) bond motifs is 3. The van der Waals surface area contributed by atoms with Crippen molar-refractivity contribution in [3.05, 3.63) is 34.2 Å². The third kappa shape index (κ3) is 3.17. The first-order valence-electron chi connectivity index (χ1n) is 8.59. The van der Waals surface area contributed by atoms with Gasteiger partial charge in [-0.05, 0) is 49.8 Å². The van der Waals surface area contributed by atoms with Crippen molar-refractivity contribution in [1.29, 1.82) is 0 Å². The molecule has 0 fully saturated rings. The summed E-state index contributed by atoms with van der Waals surface area (Å²) in [5, 5.41) is 16.1. The number of benzene rings is 1. The fourth-order valence-corrected chi connectivity index (χ4v) is 4.77. The van der Waals surface area contributed by atoms with Crippen LogP contribution in [0, 0.1) is 5.92 Å². The van der Waals surface area contributed by atoms with Gasteiger partial charge >= 0.3 is 0 Å². The number of primary sulfonamides is 1. The molecular formula is C19H27NO4S. The summed E-state index contributed by atoms with van der Waals surface area (Å²) in [4.78, 5) is 0.247. The predicted octanol–water partition coefficient (Wildman–Crippen LogP) is 3.53. The maximum atomic E-state index is 11.8. The zero-order valence-corrected chi connectivity index (χ0v) is 16.3. The number of hydrogen-bond acceptors (Lipinski definition) is 4. The van der Waals surface area contributed by atoms with Gasteiger partial charge in [0.25, 0.3) is 0 Å². The van der Waals surface area contributed by atoms with Crippen molar-refractivity contribution in [3.63, 3.8) is 0 Å². The minimum atomic E-state index is -3.72. The lowest BCUT2D eigenvalue weighted by Crippen LogP contribution is -2.46. The van der Waals surface area contributed by atoms with Gasteiger partial charge in [-0.1, -0.05) is 26.8 Å². The highest BCUT2D eigenvalue weighted by atomic mass is 32.2. The number of nitrogens with two attached hydrogens (primary N) is 1. The van der Waals surface area contributed by atoms with Crippen LogP contribution in [0.5, 0.6) is 11.5 Å². The molecule has 3 N–H and O–H groups in total. The number of hydrogen-bond donors (Lipinski definition) is 2. The number of aromatic hydroxyl groups is 1. The van der Waals surface area contributed by atoms with Gasteiger partial charge in [-0.15, -0.1) is 0 Å². The third-order valence-electron chi connectivity index (χ3n) is 5.49. The van der Waals surface area contributed by atoms with Crippen LogP contribution in [0.2, 0.25) is 0 Å². The lowest BCUT2D eigenvalue weighted by Gasteiger charge is -2.47. The fraction of sp³-hybridized carbons (Fsp3) is 0.579. The molecule has 0 spiro atoms. The highest BCUT2D eigenvalue weighted by Gasteiger charge is 2.47. The fourth-order valence-electron chi connectivity index (χ4n) is 4.03. The monoisotopic (exact) mass is 365 g/mol. The standard InChI is InChI=1S/C19H27NO4S/c1-18(2,3)11-8-15(21)17-13-10-12(25(20,22)23)6-7-14(13)19(4,5)24-16(17)9-11/h6,8-9,13-14,21H,7,10H2,1-5H3,(H2,20,22,23)/t13?,14-/m1/s1. The maximum absolute atomic E-state index is 11.8. The highest BCUT2D eigenvalue weighted by molar-refractivity contribution is 7.93. The van der Waals surface area contributed by atoms with Gasteiger partial charge in [0.2, 0.25) is 10.0 Å². The van der Waals surface area contributed by atoms with E-state index in [1.54, 1.807) is 12.1 Å². The van der Waals surface area contributed by atoms with E-state index < -0.39 is 15.6 Å².